The minimum atomic E-state index is -0.359. The summed E-state index contributed by atoms with van der Waals surface area (Å²) in [4.78, 5) is 16.2. The maximum atomic E-state index is 11.6. The van der Waals surface area contributed by atoms with Gasteiger partial charge in [-0.1, -0.05) is 29.4 Å². The molecule has 1 rings (SSSR count). The predicted molar refractivity (Wildman–Crippen MR) is 60.0 cm³/mol. The second kappa shape index (κ2) is 5.87. The van der Waals surface area contributed by atoms with Gasteiger partial charge in [0.25, 0.3) is 5.91 Å². The lowest BCUT2D eigenvalue weighted by Gasteiger charge is -2.08. The molecule has 5 nitrogen and oxygen atoms in total. The predicted octanol–water partition coefficient (Wildman–Crippen LogP) is 0.275. The molecule has 0 aliphatic carbocycles. The first-order chi connectivity index (χ1) is 7.74. The maximum absolute atomic E-state index is 11.6. The van der Waals surface area contributed by atoms with Crippen molar-refractivity contribution in [3.63, 3.8) is 0 Å². The van der Waals surface area contributed by atoms with Crippen LogP contribution in [-0.2, 0) is 16.2 Å². The van der Waals surface area contributed by atoms with Crippen LogP contribution < -0.4 is 5.32 Å². The molecule has 0 fully saturated rings. The molecule has 1 amide bonds. The summed E-state index contributed by atoms with van der Waals surface area (Å²) in [6.45, 7) is -0.157. The Kier molecular flexibility index (Phi) is 4.47. The SMILES string of the molecule is CNC(=O)/C(=N/OC)c1ccccc1CO. The average molecular weight is 222 g/mol. The van der Waals surface area contributed by atoms with Crippen molar-refractivity contribution < 1.29 is 14.7 Å². The number of benzene rings is 1. The third-order valence-corrected chi connectivity index (χ3v) is 2.07. The van der Waals surface area contributed by atoms with Gasteiger partial charge >= 0.3 is 0 Å². The van der Waals surface area contributed by atoms with Gasteiger partial charge in [0.15, 0.2) is 5.71 Å². The lowest BCUT2D eigenvalue weighted by atomic mass is 10.0. The molecule has 0 heterocycles. The van der Waals surface area contributed by atoms with Crippen molar-refractivity contribution in [3.05, 3.63) is 35.4 Å². The smallest absolute Gasteiger partial charge is 0.273 e. The van der Waals surface area contributed by atoms with Gasteiger partial charge in [0.2, 0.25) is 0 Å². The minimum Gasteiger partial charge on any atom is -0.398 e. The largest absolute Gasteiger partial charge is 0.398 e. The molecular weight excluding hydrogens is 208 g/mol. The normalized spacial score (nSPS) is 11.1. The molecule has 86 valence electrons. The zero-order valence-corrected chi connectivity index (χ0v) is 9.23. The number of aliphatic hydroxyl groups is 1. The molecule has 0 aliphatic rings. The third-order valence-electron chi connectivity index (χ3n) is 2.07. The third kappa shape index (κ3) is 2.58. The van der Waals surface area contributed by atoms with Gasteiger partial charge < -0.3 is 15.3 Å². The zero-order chi connectivity index (χ0) is 12.0. The molecule has 1 aromatic rings. The first-order valence-electron chi connectivity index (χ1n) is 4.77. The van der Waals surface area contributed by atoms with Gasteiger partial charge in [-0.15, -0.1) is 0 Å². The second-order valence-electron chi connectivity index (χ2n) is 3.02. The van der Waals surface area contributed by atoms with Gasteiger partial charge in [-0.3, -0.25) is 4.79 Å². The summed E-state index contributed by atoms with van der Waals surface area (Å²) in [5.41, 5.74) is 1.34. The summed E-state index contributed by atoms with van der Waals surface area (Å²) in [5, 5.41) is 15.3. The molecule has 0 saturated heterocycles. The summed E-state index contributed by atoms with van der Waals surface area (Å²) in [7, 11) is 2.87. The van der Waals surface area contributed by atoms with Gasteiger partial charge in [0.05, 0.1) is 6.61 Å². The minimum absolute atomic E-state index is 0.148. The van der Waals surface area contributed by atoms with Crippen LogP contribution in [0.3, 0.4) is 0 Å². The van der Waals surface area contributed by atoms with Crippen molar-refractivity contribution in [1.29, 1.82) is 0 Å². The lowest BCUT2D eigenvalue weighted by Crippen LogP contribution is -2.29. The highest BCUT2D eigenvalue weighted by Gasteiger charge is 2.16. The number of carbonyl (C=O) groups is 1. The van der Waals surface area contributed by atoms with Crippen LogP contribution in [0.25, 0.3) is 0 Å². The van der Waals surface area contributed by atoms with Crippen molar-refractivity contribution in [2.75, 3.05) is 14.2 Å². The Labute approximate surface area is 93.7 Å². The number of hydrogen-bond acceptors (Lipinski definition) is 4. The maximum Gasteiger partial charge on any atom is 0.273 e. The van der Waals surface area contributed by atoms with Gasteiger partial charge in [0.1, 0.15) is 7.11 Å². The van der Waals surface area contributed by atoms with E-state index in [1.807, 2.05) is 0 Å². The van der Waals surface area contributed by atoms with Crippen LogP contribution in [0.4, 0.5) is 0 Å². The van der Waals surface area contributed by atoms with Crippen LogP contribution >= 0.6 is 0 Å². The van der Waals surface area contributed by atoms with Crippen LogP contribution in [0.15, 0.2) is 29.4 Å². The molecule has 0 bridgehead atoms. The van der Waals surface area contributed by atoms with Gasteiger partial charge in [0, 0.05) is 12.6 Å². The molecule has 5 heteroatoms. The molecule has 0 radical (unpaired) electrons. The fourth-order valence-corrected chi connectivity index (χ4v) is 1.31. The zero-order valence-electron chi connectivity index (χ0n) is 9.23. The first kappa shape index (κ1) is 12.2. The molecule has 0 spiro atoms. The van der Waals surface area contributed by atoms with Crippen LogP contribution in [0, 0.1) is 0 Å². The monoisotopic (exact) mass is 222 g/mol. The Morgan fingerprint density at radius 1 is 1.50 bits per heavy atom. The van der Waals surface area contributed by atoms with Crippen LogP contribution in [0.2, 0.25) is 0 Å². The molecule has 2 N–H and O–H groups in total. The van der Waals surface area contributed by atoms with Gasteiger partial charge in [-0.05, 0) is 5.56 Å². The average Bonchev–Trinajstić information content (AvgIpc) is 2.35. The molecule has 1 aromatic carbocycles. The van der Waals surface area contributed by atoms with E-state index in [1.54, 1.807) is 24.3 Å². The van der Waals surface area contributed by atoms with Gasteiger partial charge in [-0.2, -0.15) is 0 Å². The van der Waals surface area contributed by atoms with Crippen molar-refractivity contribution in [2.24, 2.45) is 5.16 Å². The van der Waals surface area contributed by atoms with Crippen LogP contribution in [-0.4, -0.2) is 30.9 Å². The van der Waals surface area contributed by atoms with Crippen molar-refractivity contribution in [3.8, 4) is 0 Å². The number of aliphatic hydroxyl groups excluding tert-OH is 1. The van der Waals surface area contributed by atoms with Crippen molar-refractivity contribution >= 4 is 11.6 Å². The summed E-state index contributed by atoms with van der Waals surface area (Å²) >= 11 is 0. The highest BCUT2D eigenvalue weighted by Crippen LogP contribution is 2.10. The molecule has 0 unspecified atom stereocenters. The number of carbonyl (C=O) groups excluding carboxylic acids is 1. The fraction of sp³-hybridized carbons (Fsp3) is 0.273. The molecule has 0 saturated carbocycles. The topological polar surface area (TPSA) is 70.9 Å². The molecule has 0 aromatic heterocycles. The Hall–Kier alpha value is -1.88. The molecule has 16 heavy (non-hydrogen) atoms. The van der Waals surface area contributed by atoms with E-state index in [2.05, 4.69) is 15.3 Å². The molecule has 0 aliphatic heterocycles. The van der Waals surface area contributed by atoms with E-state index in [0.29, 0.717) is 11.1 Å². The van der Waals surface area contributed by atoms with E-state index in [-0.39, 0.29) is 18.2 Å². The van der Waals surface area contributed by atoms with Crippen LogP contribution in [0.1, 0.15) is 11.1 Å². The molecule has 0 atom stereocenters. The van der Waals surface area contributed by atoms with E-state index in [9.17, 15) is 4.79 Å². The highest BCUT2D eigenvalue weighted by molar-refractivity contribution is 6.45. The fourth-order valence-electron chi connectivity index (χ4n) is 1.31. The van der Waals surface area contributed by atoms with E-state index in [4.69, 9.17) is 5.11 Å². The summed E-state index contributed by atoms with van der Waals surface area (Å²) in [6, 6.07) is 6.98. The van der Waals surface area contributed by atoms with E-state index >= 15 is 0 Å². The second-order valence-corrected chi connectivity index (χ2v) is 3.02. The lowest BCUT2D eigenvalue weighted by molar-refractivity contribution is -0.114. The van der Waals surface area contributed by atoms with E-state index < -0.39 is 0 Å². The first-order valence-corrected chi connectivity index (χ1v) is 4.77. The van der Waals surface area contributed by atoms with Crippen molar-refractivity contribution in [2.45, 2.75) is 6.61 Å². The summed E-state index contributed by atoms with van der Waals surface area (Å²) < 4.78 is 0. The van der Waals surface area contributed by atoms with Crippen LogP contribution in [0.5, 0.6) is 0 Å². The number of nitrogens with zero attached hydrogens (tertiary/aromatic N) is 1. The summed E-state index contributed by atoms with van der Waals surface area (Å²) in [6.07, 6.45) is 0. The molecular formula is C11H14N2O3. The number of rotatable bonds is 4. The quantitative estimate of drug-likeness (QED) is 0.567. The van der Waals surface area contributed by atoms with Gasteiger partial charge in [-0.25, -0.2) is 0 Å². The Morgan fingerprint density at radius 3 is 2.75 bits per heavy atom. The standard InChI is InChI=1S/C11H14N2O3/c1-12-11(15)10(13-16-2)9-6-4-3-5-8(9)7-14/h3-6,14H,7H2,1-2H3,(H,12,15)/b13-10+. The number of nitrogens with one attached hydrogen (secondary N) is 1. The summed E-state index contributed by atoms with van der Waals surface area (Å²) in [5.74, 6) is -0.359. The Bertz CT molecular complexity index is 402. The number of likely N-dealkylation sites (N-methyl/N-ethyl adjacent to an activating group) is 1. The number of hydrogen-bond donors (Lipinski definition) is 2. The van der Waals surface area contributed by atoms with E-state index in [0.717, 1.165) is 0 Å². The number of oxime groups is 1. The van der Waals surface area contributed by atoms with E-state index in [1.165, 1.54) is 14.2 Å². The highest BCUT2D eigenvalue weighted by atomic mass is 16.6. The van der Waals surface area contributed by atoms with Crippen molar-refractivity contribution in [1.82, 2.24) is 5.32 Å². The Morgan fingerprint density at radius 2 is 2.19 bits per heavy atom. The Balaban J connectivity index is 3.21. The number of amides is 1.